The zero-order valence-corrected chi connectivity index (χ0v) is 16.1. The molecule has 1 aromatic carbocycles. The number of carbonyl (C=O) groups excluding carboxylic acids is 1. The number of likely N-dealkylation sites (tertiary alicyclic amines) is 1. The lowest BCUT2D eigenvalue weighted by atomic mass is 9.94. The summed E-state index contributed by atoms with van der Waals surface area (Å²) in [4.78, 5) is 20.5. The van der Waals surface area contributed by atoms with E-state index in [1.54, 1.807) is 0 Å². The zero-order valence-electron chi connectivity index (χ0n) is 16.1. The molecule has 2 heterocycles. The summed E-state index contributed by atoms with van der Waals surface area (Å²) < 4.78 is 0. The third-order valence-corrected chi connectivity index (χ3v) is 5.63. The first-order valence-electron chi connectivity index (χ1n) is 9.84. The van der Waals surface area contributed by atoms with Crippen molar-refractivity contribution < 1.29 is 9.63 Å². The molecular weight excluding hydrogens is 326 g/mol. The highest BCUT2D eigenvalue weighted by molar-refractivity contribution is 6.39. The largest absolute Gasteiger partial charge is 0.387 e. The molecule has 26 heavy (non-hydrogen) atoms. The van der Waals surface area contributed by atoms with Gasteiger partial charge in [0.15, 0.2) is 6.10 Å². The van der Waals surface area contributed by atoms with Crippen LogP contribution in [0.5, 0.6) is 0 Å². The molecule has 2 aliphatic heterocycles. The molecule has 0 saturated carbocycles. The van der Waals surface area contributed by atoms with Crippen molar-refractivity contribution in [2.24, 2.45) is 17.0 Å². The van der Waals surface area contributed by atoms with E-state index < -0.39 is 0 Å². The fraction of sp³-hybridized carbons (Fsp3) is 0.619. The van der Waals surface area contributed by atoms with Gasteiger partial charge in [0.1, 0.15) is 5.71 Å². The molecule has 0 bridgehead atoms. The van der Waals surface area contributed by atoms with Crippen LogP contribution >= 0.6 is 0 Å². The van der Waals surface area contributed by atoms with Crippen LogP contribution in [0.4, 0.5) is 0 Å². The Labute approximate surface area is 156 Å². The van der Waals surface area contributed by atoms with Gasteiger partial charge in [-0.3, -0.25) is 9.69 Å². The van der Waals surface area contributed by atoms with Crippen molar-refractivity contribution in [1.29, 1.82) is 0 Å². The van der Waals surface area contributed by atoms with Crippen molar-refractivity contribution in [3.05, 3.63) is 35.9 Å². The van der Waals surface area contributed by atoms with Crippen LogP contribution in [-0.2, 0) is 9.63 Å². The predicted octanol–water partition coefficient (Wildman–Crippen LogP) is 3.38. The van der Waals surface area contributed by atoms with Gasteiger partial charge in [0.2, 0.25) is 0 Å². The number of rotatable bonds is 6. The summed E-state index contributed by atoms with van der Waals surface area (Å²) in [5, 5.41) is 7.12. The molecular formula is C21H31N3O2. The first kappa shape index (κ1) is 18.9. The lowest BCUT2D eigenvalue weighted by molar-refractivity contribution is -0.115. The zero-order chi connectivity index (χ0) is 18.5. The van der Waals surface area contributed by atoms with E-state index >= 15 is 0 Å². The second-order valence-electron chi connectivity index (χ2n) is 7.99. The average Bonchev–Trinajstić information content (AvgIpc) is 3.14. The molecule has 3 rings (SSSR count). The Kier molecular flexibility index (Phi) is 6.30. The highest BCUT2D eigenvalue weighted by atomic mass is 16.6. The topological polar surface area (TPSA) is 53.9 Å². The summed E-state index contributed by atoms with van der Waals surface area (Å²) >= 11 is 0. The lowest BCUT2D eigenvalue weighted by Gasteiger charge is -2.38. The van der Waals surface area contributed by atoms with Crippen molar-refractivity contribution in [1.82, 2.24) is 10.2 Å². The monoisotopic (exact) mass is 357 g/mol. The minimum atomic E-state index is -0.151. The summed E-state index contributed by atoms with van der Waals surface area (Å²) in [5.41, 5.74) is 1.55. The van der Waals surface area contributed by atoms with Crippen LogP contribution in [0.15, 0.2) is 35.5 Å². The van der Waals surface area contributed by atoms with Crippen molar-refractivity contribution in [3.8, 4) is 0 Å². The maximum absolute atomic E-state index is 12.5. The van der Waals surface area contributed by atoms with Gasteiger partial charge in [-0.25, -0.2) is 0 Å². The minimum absolute atomic E-state index is 0.0977. The normalized spacial score (nSPS) is 22.8. The molecule has 1 aromatic rings. The van der Waals surface area contributed by atoms with Gasteiger partial charge in [-0.2, -0.15) is 0 Å². The number of benzene rings is 1. The molecule has 2 unspecified atom stereocenters. The highest BCUT2D eigenvalue weighted by Gasteiger charge is 2.29. The van der Waals surface area contributed by atoms with Gasteiger partial charge in [-0.05, 0) is 43.3 Å². The second kappa shape index (κ2) is 8.67. The van der Waals surface area contributed by atoms with E-state index in [1.807, 2.05) is 30.3 Å². The Morgan fingerprint density at radius 1 is 1.27 bits per heavy atom. The van der Waals surface area contributed by atoms with Gasteiger partial charge in [-0.1, -0.05) is 56.3 Å². The van der Waals surface area contributed by atoms with Crippen LogP contribution in [-0.4, -0.2) is 42.2 Å². The Morgan fingerprint density at radius 3 is 2.62 bits per heavy atom. The quantitative estimate of drug-likeness (QED) is 0.849. The van der Waals surface area contributed by atoms with Crippen LogP contribution < -0.4 is 5.32 Å². The van der Waals surface area contributed by atoms with Gasteiger partial charge in [0.05, 0.1) is 0 Å². The number of oxime groups is 1. The highest BCUT2D eigenvalue weighted by Crippen LogP contribution is 2.27. The molecule has 5 nitrogen and oxygen atoms in total. The minimum Gasteiger partial charge on any atom is -0.387 e. The summed E-state index contributed by atoms with van der Waals surface area (Å²) in [6.07, 6.45) is 2.87. The first-order valence-corrected chi connectivity index (χ1v) is 9.84. The maximum Gasteiger partial charge on any atom is 0.269 e. The molecule has 0 aromatic heterocycles. The third-order valence-electron chi connectivity index (χ3n) is 5.63. The fourth-order valence-corrected chi connectivity index (χ4v) is 3.80. The summed E-state index contributed by atoms with van der Waals surface area (Å²) in [5.74, 6) is 1.22. The molecule has 1 fully saturated rings. The first-order chi connectivity index (χ1) is 12.5. The van der Waals surface area contributed by atoms with Gasteiger partial charge < -0.3 is 10.2 Å². The molecule has 142 valence electrons. The fourth-order valence-electron chi connectivity index (χ4n) is 3.80. The lowest BCUT2D eigenvalue weighted by Crippen LogP contribution is -2.50. The molecule has 0 radical (unpaired) electrons. The molecule has 5 heteroatoms. The molecule has 1 N–H and O–H groups in total. The molecule has 1 amide bonds. The number of carbonyl (C=O) groups is 1. The van der Waals surface area contributed by atoms with Crippen molar-refractivity contribution in [2.45, 2.75) is 52.2 Å². The maximum atomic E-state index is 12.5. The summed E-state index contributed by atoms with van der Waals surface area (Å²) in [7, 11) is 0. The van der Waals surface area contributed by atoms with E-state index in [4.69, 9.17) is 4.84 Å². The standard InChI is InChI=1S/C21H31N3O2/c1-15(2)19(24-11-9-16(3)10-12-24)14-22-21(25)18-13-20(26-23-18)17-7-5-4-6-8-17/h4-8,15-16,19-20H,9-14H2,1-3H3,(H,22,25). The number of nitrogens with one attached hydrogen (secondary N) is 1. The number of nitrogens with zero attached hydrogens (tertiary/aromatic N) is 2. The average molecular weight is 357 g/mol. The molecule has 0 spiro atoms. The Bertz CT molecular complexity index is 621. The van der Waals surface area contributed by atoms with E-state index in [2.05, 4.69) is 36.1 Å². The second-order valence-corrected chi connectivity index (χ2v) is 7.99. The van der Waals surface area contributed by atoms with Crippen LogP contribution in [0.25, 0.3) is 0 Å². The predicted molar refractivity (Wildman–Crippen MR) is 104 cm³/mol. The van der Waals surface area contributed by atoms with Crippen LogP contribution in [0, 0.1) is 11.8 Å². The van der Waals surface area contributed by atoms with E-state index in [0.29, 0.717) is 30.6 Å². The Balaban J connectivity index is 1.51. The van der Waals surface area contributed by atoms with Gasteiger partial charge >= 0.3 is 0 Å². The van der Waals surface area contributed by atoms with Gasteiger partial charge in [-0.15, -0.1) is 0 Å². The molecule has 2 aliphatic rings. The molecule has 0 aliphatic carbocycles. The smallest absolute Gasteiger partial charge is 0.269 e. The summed E-state index contributed by atoms with van der Waals surface area (Å²) in [6, 6.07) is 10.3. The van der Waals surface area contributed by atoms with Crippen molar-refractivity contribution in [3.63, 3.8) is 0 Å². The van der Waals surface area contributed by atoms with E-state index in [0.717, 1.165) is 24.6 Å². The number of hydrogen-bond acceptors (Lipinski definition) is 4. The Hall–Kier alpha value is -1.88. The summed E-state index contributed by atoms with van der Waals surface area (Å²) in [6.45, 7) is 9.71. The SMILES string of the molecule is CC1CCN(C(CNC(=O)C2=NOC(c3ccccc3)C2)C(C)C)CC1. The number of amides is 1. The van der Waals surface area contributed by atoms with E-state index in [9.17, 15) is 4.79 Å². The number of piperidine rings is 1. The Morgan fingerprint density at radius 2 is 1.96 bits per heavy atom. The third kappa shape index (κ3) is 4.64. The molecule has 1 saturated heterocycles. The van der Waals surface area contributed by atoms with Crippen LogP contribution in [0.2, 0.25) is 0 Å². The van der Waals surface area contributed by atoms with Crippen molar-refractivity contribution >= 4 is 11.6 Å². The van der Waals surface area contributed by atoms with Crippen LogP contribution in [0.3, 0.4) is 0 Å². The van der Waals surface area contributed by atoms with Crippen LogP contribution in [0.1, 0.15) is 51.7 Å². The van der Waals surface area contributed by atoms with E-state index in [1.165, 1.54) is 12.8 Å². The van der Waals surface area contributed by atoms with Crippen molar-refractivity contribution in [2.75, 3.05) is 19.6 Å². The van der Waals surface area contributed by atoms with Gasteiger partial charge in [0, 0.05) is 19.0 Å². The van der Waals surface area contributed by atoms with Gasteiger partial charge in [0.25, 0.3) is 5.91 Å². The number of hydrogen-bond donors (Lipinski definition) is 1. The van der Waals surface area contributed by atoms with E-state index in [-0.39, 0.29) is 12.0 Å². The molecule has 2 atom stereocenters.